The maximum absolute atomic E-state index is 12.7. The molecular formula is C16H16O3. The van der Waals surface area contributed by atoms with Gasteiger partial charge in [0, 0.05) is 17.4 Å². The molecule has 0 radical (unpaired) electrons. The Morgan fingerprint density at radius 3 is 2.68 bits per heavy atom. The van der Waals surface area contributed by atoms with Gasteiger partial charge in [0.2, 0.25) is 0 Å². The van der Waals surface area contributed by atoms with Gasteiger partial charge in [-0.15, -0.1) is 0 Å². The quantitative estimate of drug-likeness (QED) is 0.602. The van der Waals surface area contributed by atoms with Crippen molar-refractivity contribution in [1.82, 2.24) is 0 Å². The molecule has 1 saturated heterocycles. The Hall–Kier alpha value is -1.64. The number of benzene rings is 1. The van der Waals surface area contributed by atoms with E-state index in [4.69, 9.17) is 4.74 Å². The second kappa shape index (κ2) is 3.69. The van der Waals surface area contributed by atoms with Crippen LogP contribution >= 0.6 is 0 Å². The van der Waals surface area contributed by atoms with E-state index < -0.39 is 0 Å². The minimum atomic E-state index is -0.169. The highest BCUT2D eigenvalue weighted by molar-refractivity contribution is 6.01. The molecule has 0 aromatic heterocycles. The van der Waals surface area contributed by atoms with Crippen molar-refractivity contribution in [3.63, 3.8) is 0 Å². The fourth-order valence-corrected chi connectivity index (χ4v) is 4.27. The van der Waals surface area contributed by atoms with E-state index in [0.717, 1.165) is 24.0 Å². The van der Waals surface area contributed by atoms with Crippen LogP contribution in [0, 0.1) is 30.6 Å². The Bertz CT molecular complexity index is 558. The van der Waals surface area contributed by atoms with Crippen molar-refractivity contribution in [2.75, 3.05) is 0 Å². The van der Waals surface area contributed by atoms with Gasteiger partial charge in [-0.2, -0.15) is 0 Å². The first kappa shape index (κ1) is 11.2. The highest BCUT2D eigenvalue weighted by Gasteiger charge is 2.63. The normalized spacial score (nSPS) is 38.6. The summed E-state index contributed by atoms with van der Waals surface area (Å²) in [5, 5.41) is 0. The molecule has 2 aliphatic carbocycles. The predicted molar refractivity (Wildman–Crippen MR) is 68.6 cm³/mol. The molecule has 1 heterocycles. The zero-order valence-corrected chi connectivity index (χ0v) is 10.8. The Kier molecular flexibility index (Phi) is 2.17. The molecule has 0 unspecified atom stereocenters. The summed E-state index contributed by atoms with van der Waals surface area (Å²) >= 11 is 0. The molecule has 3 nitrogen and oxygen atoms in total. The fraction of sp³-hybridized carbons (Fsp3) is 0.500. The molecule has 19 heavy (non-hydrogen) atoms. The number of rotatable bonds is 2. The van der Waals surface area contributed by atoms with Crippen LogP contribution in [0.2, 0.25) is 0 Å². The highest BCUT2D eigenvalue weighted by Crippen LogP contribution is 2.58. The highest BCUT2D eigenvalue weighted by atomic mass is 16.6. The molecule has 3 heteroatoms. The lowest BCUT2D eigenvalue weighted by Gasteiger charge is -2.23. The lowest BCUT2D eigenvalue weighted by atomic mass is 9.76. The maximum Gasteiger partial charge on any atom is 0.310 e. The molecule has 1 aromatic carbocycles. The number of esters is 1. The maximum atomic E-state index is 12.7. The average Bonchev–Trinajstić information content (AvgIpc) is 2.99. The van der Waals surface area contributed by atoms with Crippen molar-refractivity contribution in [3.8, 4) is 0 Å². The third kappa shape index (κ3) is 1.44. The van der Waals surface area contributed by atoms with Crippen LogP contribution in [0.15, 0.2) is 24.3 Å². The topological polar surface area (TPSA) is 43.4 Å². The summed E-state index contributed by atoms with van der Waals surface area (Å²) < 4.78 is 5.38. The molecule has 3 fully saturated rings. The zero-order chi connectivity index (χ0) is 13.1. The second-order valence-corrected chi connectivity index (χ2v) is 6.15. The Labute approximate surface area is 111 Å². The monoisotopic (exact) mass is 256 g/mol. The number of ether oxygens (including phenoxy) is 1. The molecule has 0 amide bonds. The molecule has 1 aromatic rings. The van der Waals surface area contributed by atoms with Gasteiger partial charge in [0.05, 0.1) is 5.92 Å². The summed E-state index contributed by atoms with van der Waals surface area (Å²) in [5.41, 5.74) is 1.88. The molecule has 5 atom stereocenters. The number of hydrogen-bond donors (Lipinski definition) is 0. The largest absolute Gasteiger partial charge is 0.462 e. The molecule has 1 aliphatic heterocycles. The van der Waals surface area contributed by atoms with Gasteiger partial charge in [0.15, 0.2) is 5.78 Å². The van der Waals surface area contributed by atoms with Crippen LogP contribution in [0.25, 0.3) is 0 Å². The van der Waals surface area contributed by atoms with Crippen LogP contribution in [0.3, 0.4) is 0 Å². The van der Waals surface area contributed by atoms with Crippen molar-refractivity contribution < 1.29 is 14.3 Å². The molecular weight excluding hydrogens is 240 g/mol. The van der Waals surface area contributed by atoms with Gasteiger partial charge in [-0.3, -0.25) is 9.59 Å². The van der Waals surface area contributed by atoms with Crippen molar-refractivity contribution in [2.24, 2.45) is 23.7 Å². The first-order chi connectivity index (χ1) is 9.15. The van der Waals surface area contributed by atoms with Crippen LogP contribution in [0.4, 0.5) is 0 Å². The number of ketones is 1. The Morgan fingerprint density at radius 2 is 1.95 bits per heavy atom. The predicted octanol–water partition coefficient (Wildman–Crippen LogP) is 2.38. The SMILES string of the molecule is Cc1ccc(C(=O)[C@H]2[C@@H]3C[C@@H]4[C@H]2C(=O)O[C@@H]4C3)cc1. The van der Waals surface area contributed by atoms with Crippen LogP contribution in [-0.4, -0.2) is 17.9 Å². The third-order valence-electron chi connectivity index (χ3n) is 5.12. The van der Waals surface area contributed by atoms with E-state index in [0.29, 0.717) is 11.8 Å². The smallest absolute Gasteiger partial charge is 0.310 e. The molecule has 98 valence electrons. The van der Waals surface area contributed by atoms with Crippen LogP contribution in [-0.2, 0) is 9.53 Å². The number of aryl methyl sites for hydroxylation is 1. The standard InChI is InChI=1S/C16H16O3/c1-8-2-4-9(5-3-8)15(17)13-10-6-11-12(7-10)19-16(18)14(11)13/h2-5,10-14H,6-7H2,1H3/t10-,11+,12-,13+,14-/m1/s1. The third-order valence-corrected chi connectivity index (χ3v) is 5.12. The summed E-state index contributed by atoms with van der Waals surface area (Å²) in [5.74, 6) is 0.337. The van der Waals surface area contributed by atoms with Crippen LogP contribution < -0.4 is 0 Å². The molecule has 2 saturated carbocycles. The summed E-state index contributed by atoms with van der Waals surface area (Å²) in [7, 11) is 0. The van der Waals surface area contributed by atoms with Gasteiger partial charge in [-0.1, -0.05) is 29.8 Å². The molecule has 2 bridgehead atoms. The van der Waals surface area contributed by atoms with Crippen molar-refractivity contribution in [3.05, 3.63) is 35.4 Å². The Morgan fingerprint density at radius 1 is 1.21 bits per heavy atom. The number of hydrogen-bond acceptors (Lipinski definition) is 3. The minimum absolute atomic E-state index is 0.101. The second-order valence-electron chi connectivity index (χ2n) is 6.15. The molecule has 3 aliphatic rings. The number of carbonyl (C=O) groups is 2. The van der Waals surface area contributed by atoms with E-state index in [1.54, 1.807) is 0 Å². The summed E-state index contributed by atoms with van der Waals surface area (Å²) in [6, 6.07) is 7.66. The van der Waals surface area contributed by atoms with E-state index >= 15 is 0 Å². The average molecular weight is 256 g/mol. The van der Waals surface area contributed by atoms with Gasteiger partial charge in [0.1, 0.15) is 6.10 Å². The van der Waals surface area contributed by atoms with E-state index in [1.165, 1.54) is 0 Å². The molecule has 0 spiro atoms. The number of fused-ring (bicyclic) bond motifs is 1. The van der Waals surface area contributed by atoms with Crippen molar-refractivity contribution in [2.45, 2.75) is 25.9 Å². The van der Waals surface area contributed by atoms with Gasteiger partial charge in [-0.25, -0.2) is 0 Å². The molecule has 0 N–H and O–H groups in total. The minimum Gasteiger partial charge on any atom is -0.462 e. The van der Waals surface area contributed by atoms with Crippen LogP contribution in [0.5, 0.6) is 0 Å². The first-order valence-electron chi connectivity index (χ1n) is 6.96. The summed E-state index contributed by atoms with van der Waals surface area (Å²) in [4.78, 5) is 24.6. The van der Waals surface area contributed by atoms with Gasteiger partial charge in [0.25, 0.3) is 0 Å². The van der Waals surface area contributed by atoms with Crippen molar-refractivity contribution >= 4 is 11.8 Å². The van der Waals surface area contributed by atoms with Gasteiger partial charge >= 0.3 is 5.97 Å². The van der Waals surface area contributed by atoms with E-state index in [1.807, 2.05) is 31.2 Å². The lowest BCUT2D eigenvalue weighted by molar-refractivity contribution is -0.143. The lowest BCUT2D eigenvalue weighted by Crippen LogP contribution is -2.32. The summed E-state index contributed by atoms with van der Waals surface area (Å²) in [6.07, 6.45) is 1.97. The first-order valence-corrected chi connectivity index (χ1v) is 6.96. The number of carbonyl (C=O) groups excluding carboxylic acids is 2. The molecule has 4 rings (SSSR count). The fourth-order valence-electron chi connectivity index (χ4n) is 4.27. The van der Waals surface area contributed by atoms with E-state index in [2.05, 4.69) is 0 Å². The van der Waals surface area contributed by atoms with Gasteiger partial charge in [-0.05, 0) is 25.7 Å². The van der Waals surface area contributed by atoms with E-state index in [9.17, 15) is 9.59 Å². The van der Waals surface area contributed by atoms with Crippen LogP contribution in [0.1, 0.15) is 28.8 Å². The Balaban J connectivity index is 1.68. The van der Waals surface area contributed by atoms with Crippen molar-refractivity contribution in [1.29, 1.82) is 0 Å². The number of Topliss-reactive ketones (excluding diaryl/α,β-unsaturated/α-hetero) is 1. The summed E-state index contributed by atoms with van der Waals surface area (Å²) in [6.45, 7) is 2.00. The zero-order valence-electron chi connectivity index (χ0n) is 10.8. The van der Waals surface area contributed by atoms with Gasteiger partial charge < -0.3 is 4.74 Å². The van der Waals surface area contributed by atoms with E-state index in [-0.39, 0.29) is 29.7 Å².